The van der Waals surface area contributed by atoms with Crippen LogP contribution in [0.4, 0.5) is 10.1 Å². The Hall–Kier alpha value is -3.55. The van der Waals surface area contributed by atoms with Gasteiger partial charge in [-0.15, -0.1) is 0 Å². The Bertz CT molecular complexity index is 1150. The van der Waals surface area contributed by atoms with Crippen molar-refractivity contribution in [2.45, 2.75) is 6.04 Å². The molecule has 4 rings (SSSR count). The minimum atomic E-state index is -0.310. The first-order valence-corrected chi connectivity index (χ1v) is 9.96. The summed E-state index contributed by atoms with van der Waals surface area (Å²) in [6.45, 7) is 0.0280. The molecule has 0 spiro atoms. The standard InChI is InChI=1S/C23H19ClFN5O/c24-18-8-11-21(30-15-26-14-28-30)20(12-18)29-22(31)13-27-23(16-4-2-1-3-5-16)17-6-9-19(25)10-7-17/h1-12,14-15,23,27H,13H2,(H,29,31). The molecule has 0 aliphatic heterocycles. The van der Waals surface area contributed by atoms with Crippen LogP contribution in [0.5, 0.6) is 0 Å². The summed E-state index contributed by atoms with van der Waals surface area (Å²) in [6.07, 6.45) is 2.95. The molecular weight excluding hydrogens is 417 g/mol. The first kappa shape index (κ1) is 20.7. The summed E-state index contributed by atoms with van der Waals surface area (Å²) in [6, 6.07) is 20.8. The SMILES string of the molecule is O=C(CNC(c1ccccc1)c1ccc(F)cc1)Nc1cc(Cl)ccc1-n1cncn1. The molecule has 2 N–H and O–H groups in total. The van der Waals surface area contributed by atoms with Crippen LogP contribution in [0.3, 0.4) is 0 Å². The van der Waals surface area contributed by atoms with Crippen LogP contribution in [0.2, 0.25) is 5.02 Å². The minimum absolute atomic E-state index is 0.0280. The van der Waals surface area contributed by atoms with Gasteiger partial charge in [0.05, 0.1) is 24.0 Å². The van der Waals surface area contributed by atoms with Crippen LogP contribution in [0, 0.1) is 5.82 Å². The van der Waals surface area contributed by atoms with Crippen LogP contribution in [-0.4, -0.2) is 27.2 Å². The predicted molar refractivity (Wildman–Crippen MR) is 118 cm³/mol. The Morgan fingerprint density at radius 3 is 2.48 bits per heavy atom. The zero-order valence-electron chi connectivity index (χ0n) is 16.4. The van der Waals surface area contributed by atoms with Crippen molar-refractivity contribution in [3.63, 3.8) is 0 Å². The molecular formula is C23H19ClFN5O. The van der Waals surface area contributed by atoms with Crippen LogP contribution in [0.25, 0.3) is 5.69 Å². The predicted octanol–water partition coefficient (Wildman–Crippen LogP) is 4.38. The number of rotatable bonds is 7. The number of halogens is 2. The van der Waals surface area contributed by atoms with E-state index in [0.717, 1.165) is 11.1 Å². The lowest BCUT2D eigenvalue weighted by molar-refractivity contribution is -0.115. The molecule has 0 radical (unpaired) electrons. The largest absolute Gasteiger partial charge is 0.323 e. The average Bonchev–Trinajstić information content (AvgIpc) is 3.31. The minimum Gasteiger partial charge on any atom is -0.323 e. The zero-order chi connectivity index (χ0) is 21.6. The summed E-state index contributed by atoms with van der Waals surface area (Å²) in [7, 11) is 0. The number of nitrogens with one attached hydrogen (secondary N) is 2. The highest BCUT2D eigenvalue weighted by molar-refractivity contribution is 6.31. The van der Waals surface area contributed by atoms with Gasteiger partial charge in [-0.2, -0.15) is 5.10 Å². The van der Waals surface area contributed by atoms with E-state index in [1.807, 2.05) is 30.3 Å². The first-order valence-electron chi connectivity index (χ1n) is 9.58. The summed E-state index contributed by atoms with van der Waals surface area (Å²) >= 11 is 6.12. The number of hydrogen-bond acceptors (Lipinski definition) is 4. The van der Waals surface area contributed by atoms with Gasteiger partial charge in [-0.1, -0.05) is 54.1 Å². The van der Waals surface area contributed by atoms with E-state index in [2.05, 4.69) is 20.7 Å². The van der Waals surface area contributed by atoms with E-state index < -0.39 is 0 Å². The number of carbonyl (C=O) groups is 1. The zero-order valence-corrected chi connectivity index (χ0v) is 17.1. The lowest BCUT2D eigenvalue weighted by atomic mass is 9.98. The number of aromatic nitrogens is 3. The van der Waals surface area contributed by atoms with E-state index in [9.17, 15) is 9.18 Å². The maximum Gasteiger partial charge on any atom is 0.238 e. The van der Waals surface area contributed by atoms with Crippen molar-refractivity contribution >= 4 is 23.2 Å². The molecule has 1 amide bonds. The van der Waals surface area contributed by atoms with E-state index >= 15 is 0 Å². The maximum atomic E-state index is 13.4. The second-order valence-corrected chi connectivity index (χ2v) is 7.26. The molecule has 0 saturated heterocycles. The Kier molecular flexibility index (Phi) is 6.35. The fourth-order valence-electron chi connectivity index (χ4n) is 3.26. The normalized spacial score (nSPS) is 11.8. The second kappa shape index (κ2) is 9.51. The average molecular weight is 436 g/mol. The van der Waals surface area contributed by atoms with Crippen LogP contribution >= 0.6 is 11.6 Å². The van der Waals surface area contributed by atoms with Crippen LogP contribution in [0.15, 0.2) is 85.5 Å². The number of nitrogens with zero attached hydrogens (tertiary/aromatic N) is 3. The number of amides is 1. The van der Waals surface area contributed by atoms with E-state index in [1.54, 1.807) is 35.0 Å². The van der Waals surface area contributed by atoms with E-state index in [0.29, 0.717) is 16.4 Å². The molecule has 0 saturated carbocycles. The highest BCUT2D eigenvalue weighted by atomic mass is 35.5. The highest BCUT2D eigenvalue weighted by Crippen LogP contribution is 2.25. The molecule has 8 heteroatoms. The van der Waals surface area contributed by atoms with E-state index in [-0.39, 0.29) is 24.3 Å². The molecule has 156 valence electrons. The van der Waals surface area contributed by atoms with Crippen molar-refractivity contribution in [3.05, 3.63) is 107 Å². The molecule has 1 heterocycles. The van der Waals surface area contributed by atoms with Crippen LogP contribution < -0.4 is 10.6 Å². The lowest BCUT2D eigenvalue weighted by Crippen LogP contribution is -2.32. The van der Waals surface area contributed by atoms with Gasteiger partial charge in [-0.05, 0) is 41.5 Å². The molecule has 1 atom stereocenters. The topological polar surface area (TPSA) is 71.8 Å². The molecule has 0 aliphatic carbocycles. The van der Waals surface area contributed by atoms with Crippen molar-refractivity contribution in [2.24, 2.45) is 0 Å². The third-order valence-corrected chi connectivity index (χ3v) is 4.94. The number of anilines is 1. The third-order valence-electron chi connectivity index (χ3n) is 4.70. The van der Waals surface area contributed by atoms with Crippen LogP contribution in [-0.2, 0) is 4.79 Å². The Labute approximate surface area is 183 Å². The molecule has 1 aromatic heterocycles. The summed E-state index contributed by atoms with van der Waals surface area (Å²) in [5, 5.41) is 10.7. The van der Waals surface area contributed by atoms with Gasteiger partial charge in [0.1, 0.15) is 18.5 Å². The van der Waals surface area contributed by atoms with Crippen molar-refractivity contribution in [2.75, 3.05) is 11.9 Å². The second-order valence-electron chi connectivity index (χ2n) is 6.83. The van der Waals surface area contributed by atoms with E-state index in [4.69, 9.17) is 11.6 Å². The molecule has 4 aromatic rings. The van der Waals surface area contributed by atoms with Gasteiger partial charge in [-0.25, -0.2) is 14.1 Å². The van der Waals surface area contributed by atoms with Gasteiger partial charge in [0.25, 0.3) is 0 Å². The van der Waals surface area contributed by atoms with Crippen LogP contribution in [0.1, 0.15) is 17.2 Å². The Morgan fingerprint density at radius 2 is 1.77 bits per heavy atom. The molecule has 1 unspecified atom stereocenters. The quantitative estimate of drug-likeness (QED) is 0.452. The number of carbonyl (C=O) groups excluding carboxylic acids is 1. The molecule has 0 fully saturated rings. The molecule has 6 nitrogen and oxygen atoms in total. The van der Waals surface area contributed by atoms with Gasteiger partial charge in [-0.3, -0.25) is 10.1 Å². The lowest BCUT2D eigenvalue weighted by Gasteiger charge is -2.20. The fraction of sp³-hybridized carbons (Fsp3) is 0.0870. The summed E-state index contributed by atoms with van der Waals surface area (Å²) < 4.78 is 14.9. The van der Waals surface area contributed by atoms with Crippen molar-refractivity contribution in [3.8, 4) is 5.69 Å². The molecule has 3 aromatic carbocycles. The van der Waals surface area contributed by atoms with Gasteiger partial charge >= 0.3 is 0 Å². The summed E-state index contributed by atoms with van der Waals surface area (Å²) in [4.78, 5) is 16.7. The first-order chi connectivity index (χ1) is 15.1. The van der Waals surface area contributed by atoms with E-state index in [1.165, 1.54) is 24.8 Å². The fourth-order valence-corrected chi connectivity index (χ4v) is 3.43. The number of hydrogen-bond donors (Lipinski definition) is 2. The smallest absolute Gasteiger partial charge is 0.238 e. The molecule has 0 aliphatic rings. The number of benzene rings is 3. The maximum absolute atomic E-state index is 13.4. The van der Waals surface area contributed by atoms with Crippen molar-refractivity contribution in [1.29, 1.82) is 0 Å². The summed E-state index contributed by atoms with van der Waals surface area (Å²) in [5.41, 5.74) is 2.98. The Balaban J connectivity index is 1.51. The van der Waals surface area contributed by atoms with Gasteiger partial charge in [0.2, 0.25) is 5.91 Å². The van der Waals surface area contributed by atoms with Gasteiger partial charge in [0.15, 0.2) is 0 Å². The third kappa shape index (κ3) is 5.14. The Morgan fingerprint density at radius 1 is 1.03 bits per heavy atom. The van der Waals surface area contributed by atoms with Gasteiger partial charge < -0.3 is 5.32 Å². The molecule has 0 bridgehead atoms. The summed E-state index contributed by atoms with van der Waals surface area (Å²) in [5.74, 6) is -0.568. The monoisotopic (exact) mass is 435 g/mol. The van der Waals surface area contributed by atoms with Crippen molar-refractivity contribution in [1.82, 2.24) is 20.1 Å². The van der Waals surface area contributed by atoms with Crippen molar-refractivity contribution < 1.29 is 9.18 Å². The van der Waals surface area contributed by atoms with Gasteiger partial charge in [0, 0.05) is 5.02 Å². The molecule has 31 heavy (non-hydrogen) atoms. The highest BCUT2D eigenvalue weighted by Gasteiger charge is 2.16.